The van der Waals surface area contributed by atoms with E-state index in [9.17, 15) is 14.0 Å². The number of nitrogens with zero attached hydrogens (tertiary/aromatic N) is 2. The number of carbonyl (C=O) groups excluding carboxylic acids is 2. The molecule has 5 nitrogen and oxygen atoms in total. The molecule has 1 aromatic carbocycles. The second-order valence-corrected chi connectivity index (χ2v) is 7.48. The predicted molar refractivity (Wildman–Crippen MR) is 98.3 cm³/mol. The van der Waals surface area contributed by atoms with E-state index in [-0.39, 0.29) is 17.4 Å². The van der Waals surface area contributed by atoms with Crippen LogP contribution in [0.4, 0.5) is 4.39 Å². The van der Waals surface area contributed by atoms with Crippen LogP contribution in [0.1, 0.15) is 43.0 Å². The fourth-order valence-corrected chi connectivity index (χ4v) is 3.90. The molecule has 0 spiro atoms. The minimum atomic E-state index is -0.485. The second kappa shape index (κ2) is 8.62. The van der Waals surface area contributed by atoms with Crippen molar-refractivity contribution in [3.05, 3.63) is 35.6 Å². The highest BCUT2D eigenvalue weighted by atomic mass is 19.1. The molecule has 2 atom stereocenters. The molecule has 3 rings (SSSR count). The molecular formula is C20H28FN3O2. The number of piperazine rings is 1. The topological polar surface area (TPSA) is 52.7 Å². The van der Waals surface area contributed by atoms with E-state index in [4.69, 9.17) is 0 Å². The van der Waals surface area contributed by atoms with Crippen molar-refractivity contribution in [2.75, 3.05) is 32.7 Å². The van der Waals surface area contributed by atoms with Gasteiger partial charge in [-0.25, -0.2) is 4.39 Å². The van der Waals surface area contributed by atoms with Crippen LogP contribution in [0, 0.1) is 11.7 Å². The van der Waals surface area contributed by atoms with Gasteiger partial charge in [-0.3, -0.25) is 14.5 Å². The zero-order valence-electron chi connectivity index (χ0n) is 15.4. The first kappa shape index (κ1) is 18.8. The summed E-state index contributed by atoms with van der Waals surface area (Å²) in [5.41, 5.74) is 0.116. The Bertz CT molecular complexity index is 644. The van der Waals surface area contributed by atoms with Crippen LogP contribution < -0.4 is 5.32 Å². The summed E-state index contributed by atoms with van der Waals surface area (Å²) in [6.07, 6.45) is 4.69. The summed E-state index contributed by atoms with van der Waals surface area (Å²) >= 11 is 0. The highest BCUT2D eigenvalue weighted by molar-refractivity contribution is 5.94. The predicted octanol–water partition coefficient (Wildman–Crippen LogP) is 2.28. The van der Waals surface area contributed by atoms with Gasteiger partial charge in [-0.1, -0.05) is 31.9 Å². The summed E-state index contributed by atoms with van der Waals surface area (Å²) < 4.78 is 13.8. The molecule has 0 bridgehead atoms. The van der Waals surface area contributed by atoms with Crippen LogP contribution in [0.3, 0.4) is 0 Å². The van der Waals surface area contributed by atoms with Gasteiger partial charge in [0.1, 0.15) is 5.82 Å². The zero-order chi connectivity index (χ0) is 18.5. The molecule has 26 heavy (non-hydrogen) atoms. The Labute approximate surface area is 154 Å². The van der Waals surface area contributed by atoms with E-state index >= 15 is 0 Å². The molecule has 1 aliphatic carbocycles. The molecule has 2 unspecified atom stereocenters. The molecule has 2 fully saturated rings. The fourth-order valence-electron chi connectivity index (χ4n) is 3.90. The van der Waals surface area contributed by atoms with Crippen LogP contribution in [0.15, 0.2) is 24.3 Å². The SMILES string of the molecule is CC1CCCCC1NC(=O)CN1CCN(C(=O)c2ccccc2F)CC1. The van der Waals surface area contributed by atoms with Crippen molar-refractivity contribution in [2.45, 2.75) is 38.6 Å². The minimum Gasteiger partial charge on any atom is -0.352 e. The number of nitrogens with one attached hydrogen (secondary N) is 1. The summed E-state index contributed by atoms with van der Waals surface area (Å²) in [5, 5.41) is 3.17. The Morgan fingerprint density at radius 3 is 2.50 bits per heavy atom. The minimum absolute atomic E-state index is 0.0673. The van der Waals surface area contributed by atoms with Crippen LogP contribution in [0.5, 0.6) is 0 Å². The number of rotatable bonds is 4. The second-order valence-electron chi connectivity index (χ2n) is 7.48. The summed E-state index contributed by atoms with van der Waals surface area (Å²) in [6.45, 7) is 4.87. The van der Waals surface area contributed by atoms with Crippen molar-refractivity contribution >= 4 is 11.8 Å². The van der Waals surface area contributed by atoms with Gasteiger partial charge in [0.05, 0.1) is 12.1 Å². The molecule has 0 aromatic heterocycles. The van der Waals surface area contributed by atoms with E-state index in [1.54, 1.807) is 17.0 Å². The summed E-state index contributed by atoms with van der Waals surface area (Å²) in [7, 11) is 0. The Balaban J connectivity index is 1.45. The van der Waals surface area contributed by atoms with E-state index < -0.39 is 5.82 Å². The molecule has 0 radical (unpaired) electrons. The summed E-state index contributed by atoms with van der Waals surface area (Å²) in [4.78, 5) is 28.5. The number of carbonyl (C=O) groups is 2. The molecular weight excluding hydrogens is 333 g/mol. The van der Waals surface area contributed by atoms with Gasteiger partial charge in [0, 0.05) is 32.2 Å². The molecule has 1 heterocycles. The number of hydrogen-bond acceptors (Lipinski definition) is 3. The lowest BCUT2D eigenvalue weighted by Gasteiger charge is -2.35. The van der Waals surface area contributed by atoms with Crippen LogP contribution in [-0.2, 0) is 4.79 Å². The first-order valence-corrected chi connectivity index (χ1v) is 9.60. The van der Waals surface area contributed by atoms with Crippen LogP contribution in [-0.4, -0.2) is 60.4 Å². The average Bonchev–Trinajstić information content (AvgIpc) is 2.64. The number of hydrogen-bond donors (Lipinski definition) is 1. The van der Waals surface area contributed by atoms with Gasteiger partial charge >= 0.3 is 0 Å². The lowest BCUT2D eigenvalue weighted by molar-refractivity contribution is -0.123. The lowest BCUT2D eigenvalue weighted by atomic mass is 9.86. The van der Waals surface area contributed by atoms with Crippen molar-refractivity contribution in [1.29, 1.82) is 0 Å². The number of benzene rings is 1. The van der Waals surface area contributed by atoms with Gasteiger partial charge in [-0.15, -0.1) is 0 Å². The normalized spacial score (nSPS) is 24.3. The zero-order valence-corrected chi connectivity index (χ0v) is 15.4. The maximum absolute atomic E-state index is 13.8. The van der Waals surface area contributed by atoms with Crippen molar-refractivity contribution < 1.29 is 14.0 Å². The number of amides is 2. The van der Waals surface area contributed by atoms with Crippen molar-refractivity contribution in [3.63, 3.8) is 0 Å². The molecule has 2 amide bonds. The van der Waals surface area contributed by atoms with E-state index in [0.717, 1.165) is 6.42 Å². The van der Waals surface area contributed by atoms with Gasteiger partial charge in [0.25, 0.3) is 5.91 Å². The Hall–Kier alpha value is -1.95. The first-order valence-electron chi connectivity index (χ1n) is 9.60. The van der Waals surface area contributed by atoms with Gasteiger partial charge in [0.2, 0.25) is 5.91 Å². The third-order valence-corrected chi connectivity index (χ3v) is 5.59. The quantitative estimate of drug-likeness (QED) is 0.895. The van der Waals surface area contributed by atoms with Crippen molar-refractivity contribution in [2.24, 2.45) is 5.92 Å². The van der Waals surface area contributed by atoms with E-state index in [2.05, 4.69) is 17.1 Å². The summed E-state index contributed by atoms with van der Waals surface area (Å²) in [5.74, 6) is -0.148. The molecule has 1 saturated carbocycles. The maximum Gasteiger partial charge on any atom is 0.256 e. The smallest absolute Gasteiger partial charge is 0.256 e. The molecule has 142 valence electrons. The standard InChI is InChI=1S/C20H28FN3O2/c1-15-6-2-5-9-18(15)22-19(25)14-23-10-12-24(13-11-23)20(26)16-7-3-4-8-17(16)21/h3-4,7-8,15,18H,2,5-6,9-14H2,1H3,(H,22,25). The van der Waals surface area contributed by atoms with Crippen molar-refractivity contribution in [1.82, 2.24) is 15.1 Å². The highest BCUT2D eigenvalue weighted by Gasteiger charge is 2.26. The molecule has 2 aliphatic rings. The largest absolute Gasteiger partial charge is 0.352 e. The van der Waals surface area contributed by atoms with Gasteiger partial charge < -0.3 is 10.2 Å². The molecule has 6 heteroatoms. The maximum atomic E-state index is 13.8. The average molecular weight is 361 g/mol. The van der Waals surface area contributed by atoms with Crippen LogP contribution in [0.25, 0.3) is 0 Å². The molecule has 1 N–H and O–H groups in total. The monoisotopic (exact) mass is 361 g/mol. The van der Waals surface area contributed by atoms with Crippen LogP contribution >= 0.6 is 0 Å². The van der Waals surface area contributed by atoms with Crippen molar-refractivity contribution in [3.8, 4) is 0 Å². The Morgan fingerprint density at radius 2 is 1.81 bits per heavy atom. The molecule has 1 aromatic rings. The first-order chi connectivity index (χ1) is 12.5. The van der Waals surface area contributed by atoms with E-state index in [1.165, 1.54) is 31.4 Å². The van der Waals surface area contributed by atoms with Gasteiger partial charge in [-0.05, 0) is 30.9 Å². The van der Waals surface area contributed by atoms with Gasteiger partial charge in [-0.2, -0.15) is 0 Å². The molecule has 1 aliphatic heterocycles. The third-order valence-electron chi connectivity index (χ3n) is 5.59. The lowest BCUT2D eigenvalue weighted by Crippen LogP contribution is -2.52. The Morgan fingerprint density at radius 1 is 1.12 bits per heavy atom. The van der Waals surface area contributed by atoms with E-state index in [1.807, 2.05) is 0 Å². The Kier molecular flexibility index (Phi) is 6.25. The van der Waals surface area contributed by atoms with Crippen LogP contribution in [0.2, 0.25) is 0 Å². The van der Waals surface area contributed by atoms with E-state index in [0.29, 0.717) is 44.7 Å². The van der Waals surface area contributed by atoms with Gasteiger partial charge in [0.15, 0.2) is 0 Å². The summed E-state index contributed by atoms with van der Waals surface area (Å²) in [6, 6.07) is 6.36. The fraction of sp³-hybridized carbons (Fsp3) is 0.600. The number of halogens is 1. The highest BCUT2D eigenvalue weighted by Crippen LogP contribution is 2.23. The molecule has 1 saturated heterocycles. The third kappa shape index (κ3) is 4.61.